The normalized spacial score (nSPS) is 46.9. The molecule has 0 spiro atoms. The third-order valence-corrected chi connectivity index (χ3v) is 6.56. The Morgan fingerprint density at radius 1 is 1.15 bits per heavy atom. The van der Waals surface area contributed by atoms with Crippen LogP contribution in [-0.4, -0.2) is 37.5 Å². The molecule has 3 heteroatoms. The summed E-state index contributed by atoms with van der Waals surface area (Å²) in [6.07, 6.45) is 9.07. The molecule has 1 aliphatic heterocycles. The summed E-state index contributed by atoms with van der Waals surface area (Å²) in [5.74, 6) is 3.68. The summed E-state index contributed by atoms with van der Waals surface area (Å²) >= 11 is 0. The van der Waals surface area contributed by atoms with Crippen molar-refractivity contribution in [1.82, 2.24) is 10.2 Å². The van der Waals surface area contributed by atoms with Gasteiger partial charge in [-0.05, 0) is 82.2 Å². The first-order valence-corrected chi connectivity index (χ1v) is 8.60. The Balaban J connectivity index is 1.38. The van der Waals surface area contributed by atoms with Gasteiger partial charge >= 0.3 is 0 Å². The van der Waals surface area contributed by atoms with Crippen molar-refractivity contribution in [2.45, 2.75) is 44.9 Å². The maximum Gasteiger partial charge on any atom is 0.226 e. The van der Waals surface area contributed by atoms with Gasteiger partial charge in [-0.15, -0.1) is 0 Å². The molecule has 1 heterocycles. The van der Waals surface area contributed by atoms with Gasteiger partial charge in [0, 0.05) is 18.5 Å². The summed E-state index contributed by atoms with van der Waals surface area (Å²) in [5.41, 5.74) is 0.0409. The van der Waals surface area contributed by atoms with Crippen molar-refractivity contribution >= 4 is 5.91 Å². The van der Waals surface area contributed by atoms with Gasteiger partial charge in [0.15, 0.2) is 0 Å². The SMILES string of the molecule is CN1CCC(CNC(=O)C23CC4CC(CC(C4)C2)C3)C1. The fraction of sp³-hybridized carbons (Fsp3) is 0.941. The van der Waals surface area contributed by atoms with E-state index in [0.717, 1.165) is 30.8 Å². The quantitative estimate of drug-likeness (QED) is 0.857. The largest absolute Gasteiger partial charge is 0.355 e. The summed E-state index contributed by atoms with van der Waals surface area (Å²) in [7, 11) is 2.18. The second-order valence-electron chi connectivity index (χ2n) is 8.32. The molecule has 5 aliphatic rings. The number of rotatable bonds is 3. The van der Waals surface area contributed by atoms with Gasteiger partial charge in [0.05, 0.1) is 0 Å². The molecule has 112 valence electrons. The zero-order valence-electron chi connectivity index (χ0n) is 12.7. The first kappa shape index (κ1) is 13.1. The highest BCUT2D eigenvalue weighted by Gasteiger charge is 2.54. The minimum absolute atomic E-state index is 0.0409. The zero-order valence-corrected chi connectivity index (χ0v) is 12.7. The Hall–Kier alpha value is -0.570. The molecule has 1 amide bonds. The molecule has 5 fully saturated rings. The zero-order chi connectivity index (χ0) is 13.7. The van der Waals surface area contributed by atoms with Gasteiger partial charge in [-0.3, -0.25) is 4.79 Å². The lowest BCUT2D eigenvalue weighted by Crippen LogP contribution is -2.54. The van der Waals surface area contributed by atoms with Crippen LogP contribution in [0.5, 0.6) is 0 Å². The molecule has 1 unspecified atom stereocenters. The second-order valence-corrected chi connectivity index (χ2v) is 8.32. The van der Waals surface area contributed by atoms with Crippen molar-refractivity contribution < 1.29 is 4.79 Å². The summed E-state index contributed by atoms with van der Waals surface area (Å²) in [6, 6.07) is 0. The molecular formula is C17H28N2O. The molecule has 3 nitrogen and oxygen atoms in total. The van der Waals surface area contributed by atoms with Gasteiger partial charge in [0.2, 0.25) is 5.91 Å². The van der Waals surface area contributed by atoms with E-state index in [2.05, 4.69) is 17.3 Å². The van der Waals surface area contributed by atoms with E-state index in [1.165, 1.54) is 51.5 Å². The predicted molar refractivity (Wildman–Crippen MR) is 79.2 cm³/mol. The lowest BCUT2D eigenvalue weighted by molar-refractivity contribution is -0.146. The van der Waals surface area contributed by atoms with Crippen molar-refractivity contribution in [3.05, 3.63) is 0 Å². The number of likely N-dealkylation sites (tertiary alicyclic amines) is 1. The van der Waals surface area contributed by atoms with Gasteiger partial charge in [0.25, 0.3) is 0 Å². The van der Waals surface area contributed by atoms with Crippen molar-refractivity contribution in [2.75, 3.05) is 26.7 Å². The number of hydrogen-bond donors (Lipinski definition) is 1. The monoisotopic (exact) mass is 276 g/mol. The summed E-state index contributed by atoms with van der Waals surface area (Å²) in [4.78, 5) is 15.2. The standard InChI is InChI=1S/C17H28N2O/c1-19-3-2-12(11-19)10-18-16(20)17-7-13-4-14(8-17)6-15(5-13)9-17/h12-15H,2-11H2,1H3,(H,18,20). The average molecular weight is 276 g/mol. The predicted octanol–water partition coefficient (Wildman–Crippen LogP) is 2.27. The number of nitrogens with one attached hydrogen (secondary N) is 1. The highest BCUT2D eigenvalue weighted by Crippen LogP contribution is 2.60. The van der Waals surface area contributed by atoms with Crippen molar-refractivity contribution in [1.29, 1.82) is 0 Å². The molecule has 20 heavy (non-hydrogen) atoms. The topological polar surface area (TPSA) is 32.3 Å². The summed E-state index contributed by atoms with van der Waals surface area (Å²) < 4.78 is 0. The van der Waals surface area contributed by atoms with E-state index in [-0.39, 0.29) is 5.41 Å². The van der Waals surface area contributed by atoms with Crippen LogP contribution in [0, 0.1) is 29.1 Å². The number of carbonyl (C=O) groups excluding carboxylic acids is 1. The Labute approximate surface area is 122 Å². The molecule has 4 saturated carbocycles. The van der Waals surface area contributed by atoms with Gasteiger partial charge in [0.1, 0.15) is 0 Å². The van der Waals surface area contributed by atoms with Gasteiger partial charge in [-0.25, -0.2) is 0 Å². The first-order chi connectivity index (χ1) is 9.63. The summed E-state index contributed by atoms with van der Waals surface area (Å²) in [5, 5.41) is 3.34. The molecule has 5 rings (SSSR count). The van der Waals surface area contributed by atoms with E-state index in [1.54, 1.807) is 0 Å². The molecule has 1 atom stereocenters. The number of carbonyl (C=O) groups is 1. The Morgan fingerprint density at radius 3 is 2.25 bits per heavy atom. The highest BCUT2D eigenvalue weighted by molar-refractivity contribution is 5.83. The van der Waals surface area contributed by atoms with Gasteiger partial charge < -0.3 is 10.2 Å². The van der Waals surface area contributed by atoms with Crippen LogP contribution in [-0.2, 0) is 4.79 Å². The smallest absolute Gasteiger partial charge is 0.226 e. The average Bonchev–Trinajstić information content (AvgIpc) is 2.80. The molecule has 4 aliphatic carbocycles. The molecule has 0 radical (unpaired) electrons. The van der Waals surface area contributed by atoms with Crippen molar-refractivity contribution in [3.8, 4) is 0 Å². The summed E-state index contributed by atoms with van der Waals surface area (Å²) in [6.45, 7) is 3.25. The van der Waals surface area contributed by atoms with E-state index in [1.807, 2.05) is 0 Å². The fourth-order valence-electron chi connectivity index (χ4n) is 6.01. The lowest BCUT2D eigenvalue weighted by atomic mass is 9.49. The first-order valence-electron chi connectivity index (χ1n) is 8.60. The molecule has 4 bridgehead atoms. The van der Waals surface area contributed by atoms with Crippen LogP contribution in [0.2, 0.25) is 0 Å². The maximum absolute atomic E-state index is 12.8. The Morgan fingerprint density at radius 2 is 1.75 bits per heavy atom. The lowest BCUT2D eigenvalue weighted by Gasteiger charge is -2.55. The van der Waals surface area contributed by atoms with Gasteiger partial charge in [-0.1, -0.05) is 0 Å². The van der Waals surface area contributed by atoms with Crippen LogP contribution in [0.3, 0.4) is 0 Å². The molecule has 0 aromatic carbocycles. The van der Waals surface area contributed by atoms with Gasteiger partial charge in [-0.2, -0.15) is 0 Å². The Kier molecular flexibility index (Phi) is 3.10. The van der Waals surface area contributed by atoms with Crippen LogP contribution >= 0.6 is 0 Å². The number of hydrogen-bond acceptors (Lipinski definition) is 2. The molecular weight excluding hydrogens is 248 g/mol. The molecule has 1 N–H and O–H groups in total. The Bertz CT molecular complexity index is 371. The molecule has 1 saturated heterocycles. The van der Waals surface area contributed by atoms with E-state index < -0.39 is 0 Å². The van der Waals surface area contributed by atoms with Crippen LogP contribution in [0.15, 0.2) is 0 Å². The second kappa shape index (κ2) is 4.72. The molecule has 0 aromatic rings. The third kappa shape index (κ3) is 2.18. The maximum atomic E-state index is 12.8. The third-order valence-electron chi connectivity index (χ3n) is 6.56. The van der Waals surface area contributed by atoms with E-state index >= 15 is 0 Å². The minimum atomic E-state index is 0.0409. The van der Waals surface area contributed by atoms with E-state index in [9.17, 15) is 4.79 Å². The van der Waals surface area contributed by atoms with Crippen molar-refractivity contribution in [2.24, 2.45) is 29.1 Å². The minimum Gasteiger partial charge on any atom is -0.355 e. The highest BCUT2D eigenvalue weighted by atomic mass is 16.2. The van der Waals surface area contributed by atoms with Crippen molar-refractivity contribution in [3.63, 3.8) is 0 Å². The van der Waals surface area contributed by atoms with Crippen LogP contribution in [0.4, 0.5) is 0 Å². The van der Waals surface area contributed by atoms with Crippen LogP contribution in [0.1, 0.15) is 44.9 Å². The molecule has 0 aromatic heterocycles. The van der Waals surface area contributed by atoms with E-state index in [4.69, 9.17) is 0 Å². The number of amides is 1. The van der Waals surface area contributed by atoms with Crippen LogP contribution in [0.25, 0.3) is 0 Å². The van der Waals surface area contributed by atoms with E-state index in [0.29, 0.717) is 11.8 Å². The van der Waals surface area contributed by atoms with Crippen LogP contribution < -0.4 is 5.32 Å². The fourth-order valence-corrected chi connectivity index (χ4v) is 6.01. The number of nitrogens with zero attached hydrogens (tertiary/aromatic N) is 1.